The minimum absolute atomic E-state index is 0.215. The van der Waals surface area contributed by atoms with Crippen LogP contribution >= 0.6 is 0 Å². The third-order valence-corrected chi connectivity index (χ3v) is 6.21. The van der Waals surface area contributed by atoms with Crippen LogP contribution in [0.1, 0.15) is 23.2 Å². The Balaban J connectivity index is 1.49. The van der Waals surface area contributed by atoms with E-state index in [4.69, 9.17) is 24.9 Å². The summed E-state index contributed by atoms with van der Waals surface area (Å²) in [7, 11) is 4.24. The number of carbonyl (C=O) groups is 2. The molecule has 0 unspecified atom stereocenters. The molecule has 1 aliphatic heterocycles. The third-order valence-electron chi connectivity index (χ3n) is 6.21. The number of fused-ring (bicyclic) bond motifs is 1. The highest BCUT2D eigenvalue weighted by atomic mass is 16.5. The van der Waals surface area contributed by atoms with Gasteiger partial charge >= 0.3 is 5.97 Å². The van der Waals surface area contributed by atoms with Crippen molar-refractivity contribution in [3.63, 3.8) is 0 Å². The first kappa shape index (κ1) is 23.9. The number of nitrogens with one attached hydrogen (secondary N) is 1. The Kier molecular flexibility index (Phi) is 6.26. The van der Waals surface area contributed by atoms with E-state index in [0.29, 0.717) is 42.0 Å². The fourth-order valence-corrected chi connectivity index (χ4v) is 4.45. The highest BCUT2D eigenvalue weighted by Gasteiger charge is 2.31. The first-order valence-corrected chi connectivity index (χ1v) is 11.5. The number of imidazole rings is 1. The van der Waals surface area contributed by atoms with Gasteiger partial charge in [-0.15, -0.1) is 5.10 Å². The van der Waals surface area contributed by atoms with Crippen molar-refractivity contribution >= 4 is 35.0 Å². The number of amides is 1. The Labute approximate surface area is 211 Å². The maximum Gasteiger partial charge on any atom is 0.341 e. The molecule has 0 aliphatic carbocycles. The number of hydrogen-bond acceptors (Lipinski definition) is 10. The van der Waals surface area contributed by atoms with E-state index in [9.17, 15) is 9.59 Å². The first-order valence-electron chi connectivity index (χ1n) is 11.5. The van der Waals surface area contributed by atoms with Crippen LogP contribution < -0.4 is 25.4 Å². The molecule has 3 aromatic heterocycles. The van der Waals surface area contributed by atoms with Gasteiger partial charge in [0.1, 0.15) is 29.3 Å². The number of anilines is 3. The van der Waals surface area contributed by atoms with E-state index >= 15 is 0 Å². The van der Waals surface area contributed by atoms with Crippen LogP contribution in [0.15, 0.2) is 43.0 Å². The lowest BCUT2D eigenvalue weighted by Crippen LogP contribution is -2.41. The second-order valence-electron chi connectivity index (χ2n) is 8.36. The summed E-state index contributed by atoms with van der Waals surface area (Å²) in [5.41, 5.74) is 7.15. The molecule has 0 spiro atoms. The van der Waals surface area contributed by atoms with Crippen molar-refractivity contribution in [1.82, 2.24) is 24.1 Å². The molecule has 13 nitrogen and oxygen atoms in total. The summed E-state index contributed by atoms with van der Waals surface area (Å²) in [6.07, 6.45) is 6.62. The maximum atomic E-state index is 12.4. The minimum Gasteiger partial charge on any atom is -0.493 e. The quantitative estimate of drug-likeness (QED) is 0.339. The minimum atomic E-state index is -0.559. The number of ether oxygens (including phenoxy) is 3. The summed E-state index contributed by atoms with van der Waals surface area (Å²) < 4.78 is 19.1. The Hall–Kier alpha value is -4.81. The SMILES string of the molecule is COC(=O)c1cc(-n2cnc(Nc3nc(N4CCC[C@H]4C(N)=O)nn4cccc34)c2)cc(OC)c1OC. The Morgan fingerprint density at radius 3 is 2.76 bits per heavy atom. The topological polar surface area (TPSA) is 151 Å². The van der Waals surface area contributed by atoms with Crippen LogP contribution in [0.2, 0.25) is 0 Å². The summed E-state index contributed by atoms with van der Waals surface area (Å²) in [6.45, 7) is 0.635. The van der Waals surface area contributed by atoms with Gasteiger partial charge in [0, 0.05) is 18.8 Å². The molecule has 5 rings (SSSR count). The lowest BCUT2D eigenvalue weighted by molar-refractivity contribution is -0.119. The van der Waals surface area contributed by atoms with E-state index in [1.165, 1.54) is 21.3 Å². The van der Waals surface area contributed by atoms with Gasteiger partial charge < -0.3 is 34.7 Å². The fourth-order valence-electron chi connectivity index (χ4n) is 4.45. The summed E-state index contributed by atoms with van der Waals surface area (Å²) in [4.78, 5) is 35.2. The van der Waals surface area contributed by atoms with E-state index in [-0.39, 0.29) is 11.3 Å². The molecule has 37 heavy (non-hydrogen) atoms. The molecule has 4 aromatic rings. The van der Waals surface area contributed by atoms with Crippen molar-refractivity contribution in [3.05, 3.63) is 48.5 Å². The van der Waals surface area contributed by atoms with Crippen molar-refractivity contribution in [2.24, 2.45) is 5.73 Å². The molecule has 13 heteroatoms. The van der Waals surface area contributed by atoms with Gasteiger partial charge in [-0.2, -0.15) is 4.98 Å². The van der Waals surface area contributed by atoms with Crippen molar-refractivity contribution < 1.29 is 23.8 Å². The van der Waals surface area contributed by atoms with Crippen LogP contribution in [0.25, 0.3) is 11.2 Å². The third kappa shape index (κ3) is 4.35. The molecule has 1 aromatic carbocycles. The van der Waals surface area contributed by atoms with Gasteiger partial charge in [-0.05, 0) is 31.0 Å². The van der Waals surface area contributed by atoms with Crippen molar-refractivity contribution in [3.8, 4) is 17.2 Å². The highest BCUT2D eigenvalue weighted by Crippen LogP contribution is 2.35. The molecule has 1 fully saturated rings. The molecule has 1 atom stereocenters. The van der Waals surface area contributed by atoms with Gasteiger partial charge in [-0.25, -0.2) is 14.3 Å². The van der Waals surface area contributed by atoms with Gasteiger partial charge in [0.15, 0.2) is 17.3 Å². The lowest BCUT2D eigenvalue weighted by atomic mass is 10.1. The number of aromatic nitrogens is 5. The fraction of sp³-hybridized carbons (Fsp3) is 0.292. The molecule has 1 amide bonds. The zero-order valence-electron chi connectivity index (χ0n) is 20.5. The number of carbonyl (C=O) groups excluding carboxylic acids is 2. The van der Waals surface area contributed by atoms with E-state index < -0.39 is 17.9 Å². The number of esters is 1. The van der Waals surface area contributed by atoms with E-state index in [2.05, 4.69) is 15.4 Å². The van der Waals surface area contributed by atoms with Crippen LogP contribution in [-0.2, 0) is 9.53 Å². The summed E-state index contributed by atoms with van der Waals surface area (Å²) in [5, 5.41) is 7.80. The predicted octanol–water partition coefficient (Wildman–Crippen LogP) is 1.92. The van der Waals surface area contributed by atoms with Crippen molar-refractivity contribution in [2.75, 3.05) is 38.1 Å². The largest absolute Gasteiger partial charge is 0.493 e. The average molecular weight is 507 g/mol. The zero-order valence-corrected chi connectivity index (χ0v) is 20.5. The molecule has 192 valence electrons. The second kappa shape index (κ2) is 9.68. The molecule has 3 N–H and O–H groups in total. The van der Waals surface area contributed by atoms with Gasteiger partial charge in [-0.1, -0.05) is 0 Å². The highest BCUT2D eigenvalue weighted by molar-refractivity contribution is 5.94. The second-order valence-corrected chi connectivity index (χ2v) is 8.36. The number of primary amides is 1. The number of benzene rings is 1. The summed E-state index contributed by atoms with van der Waals surface area (Å²) in [6, 6.07) is 6.63. The summed E-state index contributed by atoms with van der Waals surface area (Å²) >= 11 is 0. The summed E-state index contributed by atoms with van der Waals surface area (Å²) in [5.74, 6) is 1.09. The van der Waals surface area contributed by atoms with E-state index in [0.717, 1.165) is 11.9 Å². The van der Waals surface area contributed by atoms with Crippen molar-refractivity contribution in [2.45, 2.75) is 18.9 Å². The first-order chi connectivity index (χ1) is 17.9. The van der Waals surface area contributed by atoms with Crippen LogP contribution in [0.4, 0.5) is 17.6 Å². The molecule has 1 saturated heterocycles. The maximum absolute atomic E-state index is 12.4. The zero-order chi connectivity index (χ0) is 26.1. The van der Waals surface area contributed by atoms with E-state index in [1.54, 1.807) is 39.9 Å². The standard InChI is InChI=1S/C24H26N8O5/c1-35-18-11-14(10-15(20(18)36-2)23(34)37-3)30-12-19(26-13-30)27-22-17-7-5-9-32(17)29-24(28-22)31-8-4-6-16(31)21(25)33/h5,7,9-13,16H,4,6,8H2,1-3H3,(H2,25,33)(H,27,28,29)/t16-/m0/s1. The molecule has 0 bridgehead atoms. The molecular weight excluding hydrogens is 480 g/mol. The number of methoxy groups -OCH3 is 3. The van der Waals surface area contributed by atoms with E-state index in [1.807, 2.05) is 17.0 Å². The average Bonchev–Trinajstić information content (AvgIpc) is 3.68. The molecular formula is C24H26N8O5. The number of hydrogen-bond donors (Lipinski definition) is 2. The Morgan fingerprint density at radius 2 is 2.03 bits per heavy atom. The normalized spacial score (nSPS) is 15.1. The van der Waals surface area contributed by atoms with Gasteiger partial charge in [0.2, 0.25) is 11.9 Å². The Bertz CT molecular complexity index is 1480. The number of rotatable bonds is 8. The molecule has 0 radical (unpaired) electrons. The molecule has 4 heterocycles. The Morgan fingerprint density at radius 1 is 1.19 bits per heavy atom. The molecule has 1 aliphatic rings. The monoisotopic (exact) mass is 506 g/mol. The van der Waals surface area contributed by atoms with Crippen LogP contribution in [-0.4, -0.2) is 69.9 Å². The number of nitrogens with zero attached hydrogens (tertiary/aromatic N) is 6. The van der Waals surface area contributed by atoms with Gasteiger partial charge in [-0.3, -0.25) is 4.79 Å². The van der Waals surface area contributed by atoms with Crippen molar-refractivity contribution in [1.29, 1.82) is 0 Å². The van der Waals surface area contributed by atoms with Gasteiger partial charge in [0.05, 0.1) is 33.2 Å². The lowest BCUT2D eigenvalue weighted by Gasteiger charge is -2.22. The van der Waals surface area contributed by atoms with Gasteiger partial charge in [0.25, 0.3) is 0 Å². The smallest absolute Gasteiger partial charge is 0.341 e. The predicted molar refractivity (Wildman–Crippen MR) is 134 cm³/mol. The van der Waals surface area contributed by atoms with Crippen LogP contribution in [0.3, 0.4) is 0 Å². The molecule has 0 saturated carbocycles. The van der Waals surface area contributed by atoms with Crippen LogP contribution in [0.5, 0.6) is 11.5 Å². The van der Waals surface area contributed by atoms with Crippen LogP contribution in [0, 0.1) is 0 Å². The number of nitrogens with two attached hydrogens (primary N) is 1.